The monoisotopic (exact) mass is 390 g/mol. The Morgan fingerprint density at radius 1 is 0.952 bits per heavy atom. The van der Waals surface area contributed by atoms with Gasteiger partial charge >= 0.3 is 0 Å². The first kappa shape index (κ1) is 12.7. The zero-order valence-electron chi connectivity index (χ0n) is 11.0. The Balaban J connectivity index is 1.71. The molecule has 0 unspecified atom stereocenters. The van der Waals surface area contributed by atoms with E-state index in [9.17, 15) is 0 Å². The first-order valence-electron chi connectivity index (χ1n) is 6.51. The summed E-state index contributed by atoms with van der Waals surface area (Å²) < 4.78 is 11.9. The molecule has 0 saturated carbocycles. The standard InChI is InChI=1S/C16H11IN2O2/c17-12-3-1-2-10(6-12)13-8-14(19-18-13)11-4-5-15-16(7-11)21-9-20-15/h1-8H,9H2,(H,18,19). The summed E-state index contributed by atoms with van der Waals surface area (Å²) in [7, 11) is 0. The van der Waals surface area contributed by atoms with E-state index in [2.05, 4.69) is 51.0 Å². The number of aromatic nitrogens is 2. The molecule has 1 aliphatic rings. The minimum absolute atomic E-state index is 0.287. The number of rotatable bonds is 2. The van der Waals surface area contributed by atoms with E-state index in [0.717, 1.165) is 34.0 Å². The Kier molecular flexibility index (Phi) is 3.07. The minimum Gasteiger partial charge on any atom is -0.454 e. The second kappa shape index (κ2) is 5.07. The number of H-pyrrole nitrogens is 1. The van der Waals surface area contributed by atoms with Crippen molar-refractivity contribution in [1.29, 1.82) is 0 Å². The van der Waals surface area contributed by atoms with Crippen molar-refractivity contribution in [3.63, 3.8) is 0 Å². The molecule has 0 atom stereocenters. The van der Waals surface area contributed by atoms with Gasteiger partial charge in [0.15, 0.2) is 11.5 Å². The molecule has 1 aliphatic heterocycles. The van der Waals surface area contributed by atoms with E-state index in [1.165, 1.54) is 3.57 Å². The summed E-state index contributed by atoms with van der Waals surface area (Å²) in [4.78, 5) is 0. The first-order chi connectivity index (χ1) is 10.3. The lowest BCUT2D eigenvalue weighted by Crippen LogP contribution is -1.92. The lowest BCUT2D eigenvalue weighted by molar-refractivity contribution is 0.174. The number of nitrogens with zero attached hydrogens (tertiary/aromatic N) is 1. The largest absolute Gasteiger partial charge is 0.454 e. The first-order valence-corrected chi connectivity index (χ1v) is 7.59. The van der Waals surface area contributed by atoms with Crippen molar-refractivity contribution in [2.75, 3.05) is 6.79 Å². The predicted octanol–water partition coefficient (Wildman–Crippen LogP) is 4.08. The summed E-state index contributed by atoms with van der Waals surface area (Å²) >= 11 is 2.30. The Morgan fingerprint density at radius 3 is 2.76 bits per heavy atom. The average molecular weight is 390 g/mol. The molecule has 5 heteroatoms. The molecule has 2 heterocycles. The van der Waals surface area contributed by atoms with Crippen LogP contribution in [0.4, 0.5) is 0 Å². The van der Waals surface area contributed by atoms with Crippen molar-refractivity contribution in [2.24, 2.45) is 0 Å². The lowest BCUT2D eigenvalue weighted by Gasteiger charge is -1.99. The van der Waals surface area contributed by atoms with Crippen LogP contribution in [0.25, 0.3) is 22.5 Å². The third-order valence-electron chi connectivity index (χ3n) is 3.38. The topological polar surface area (TPSA) is 47.1 Å². The predicted molar refractivity (Wildman–Crippen MR) is 88.3 cm³/mol. The Labute approximate surface area is 135 Å². The van der Waals surface area contributed by atoms with E-state index < -0.39 is 0 Å². The molecule has 0 fully saturated rings. The summed E-state index contributed by atoms with van der Waals surface area (Å²) in [6.07, 6.45) is 0. The van der Waals surface area contributed by atoms with Crippen LogP contribution in [0.1, 0.15) is 0 Å². The Bertz CT molecular complexity index is 814. The van der Waals surface area contributed by atoms with Crippen LogP contribution in [-0.4, -0.2) is 17.0 Å². The third kappa shape index (κ3) is 2.37. The van der Waals surface area contributed by atoms with Crippen molar-refractivity contribution in [1.82, 2.24) is 10.2 Å². The summed E-state index contributed by atoms with van der Waals surface area (Å²) in [5, 5.41) is 7.48. The van der Waals surface area contributed by atoms with E-state index in [0.29, 0.717) is 0 Å². The molecule has 4 rings (SSSR count). The van der Waals surface area contributed by atoms with Gasteiger partial charge in [0.05, 0.1) is 11.4 Å². The SMILES string of the molecule is Ic1cccc(-c2cc(-c3ccc4c(c3)OCO4)[nH]n2)c1. The van der Waals surface area contributed by atoms with Gasteiger partial charge in [-0.2, -0.15) is 5.10 Å². The zero-order valence-corrected chi connectivity index (χ0v) is 13.1. The number of benzene rings is 2. The number of halogens is 1. The minimum atomic E-state index is 0.287. The average Bonchev–Trinajstić information content (AvgIpc) is 3.15. The van der Waals surface area contributed by atoms with E-state index >= 15 is 0 Å². The highest BCUT2D eigenvalue weighted by molar-refractivity contribution is 14.1. The fraction of sp³-hybridized carbons (Fsp3) is 0.0625. The molecule has 0 saturated heterocycles. The number of aromatic amines is 1. The quantitative estimate of drug-likeness (QED) is 0.671. The van der Waals surface area contributed by atoms with Gasteiger partial charge in [0.1, 0.15) is 0 Å². The molecule has 2 aromatic carbocycles. The highest BCUT2D eigenvalue weighted by Gasteiger charge is 2.15. The van der Waals surface area contributed by atoms with Crippen LogP contribution < -0.4 is 9.47 Å². The summed E-state index contributed by atoms with van der Waals surface area (Å²) in [6.45, 7) is 0.287. The van der Waals surface area contributed by atoms with Crippen molar-refractivity contribution < 1.29 is 9.47 Å². The van der Waals surface area contributed by atoms with Crippen LogP contribution in [0.5, 0.6) is 11.5 Å². The number of ether oxygens (including phenoxy) is 2. The molecule has 1 N–H and O–H groups in total. The molecule has 104 valence electrons. The third-order valence-corrected chi connectivity index (χ3v) is 4.05. The van der Waals surface area contributed by atoms with E-state index in [-0.39, 0.29) is 6.79 Å². The van der Waals surface area contributed by atoms with Crippen molar-refractivity contribution >= 4 is 22.6 Å². The van der Waals surface area contributed by atoms with Gasteiger partial charge in [-0.25, -0.2) is 0 Å². The maximum atomic E-state index is 5.41. The Hall–Kier alpha value is -2.02. The van der Waals surface area contributed by atoms with Crippen LogP contribution in [0.3, 0.4) is 0 Å². The van der Waals surface area contributed by atoms with Gasteiger partial charge in [0.25, 0.3) is 0 Å². The second-order valence-electron chi connectivity index (χ2n) is 4.75. The lowest BCUT2D eigenvalue weighted by atomic mass is 10.1. The normalized spacial score (nSPS) is 12.6. The fourth-order valence-corrected chi connectivity index (χ4v) is 2.87. The smallest absolute Gasteiger partial charge is 0.231 e. The zero-order chi connectivity index (χ0) is 14.2. The highest BCUT2D eigenvalue weighted by Crippen LogP contribution is 2.36. The number of fused-ring (bicyclic) bond motifs is 1. The van der Waals surface area contributed by atoms with Crippen molar-refractivity contribution in [3.8, 4) is 34.0 Å². The maximum absolute atomic E-state index is 5.41. The molecular formula is C16H11IN2O2. The number of hydrogen-bond donors (Lipinski definition) is 1. The van der Waals surface area contributed by atoms with Crippen LogP contribution >= 0.6 is 22.6 Å². The molecule has 21 heavy (non-hydrogen) atoms. The van der Waals surface area contributed by atoms with Crippen molar-refractivity contribution in [2.45, 2.75) is 0 Å². The number of hydrogen-bond acceptors (Lipinski definition) is 3. The van der Waals surface area contributed by atoms with Gasteiger partial charge in [-0.15, -0.1) is 0 Å². The molecule has 1 aromatic heterocycles. The fourth-order valence-electron chi connectivity index (χ4n) is 2.33. The molecule has 0 aliphatic carbocycles. The summed E-state index contributed by atoms with van der Waals surface area (Å²) in [5.74, 6) is 1.56. The van der Waals surface area contributed by atoms with Crippen LogP contribution in [-0.2, 0) is 0 Å². The van der Waals surface area contributed by atoms with Gasteiger partial charge in [0.2, 0.25) is 6.79 Å². The molecule has 3 aromatic rings. The second-order valence-corrected chi connectivity index (χ2v) is 5.99. The summed E-state index contributed by atoms with van der Waals surface area (Å²) in [6, 6.07) is 16.2. The van der Waals surface area contributed by atoms with Crippen molar-refractivity contribution in [3.05, 3.63) is 52.1 Å². The summed E-state index contributed by atoms with van der Waals surface area (Å²) in [5.41, 5.74) is 4.03. The molecular weight excluding hydrogens is 379 g/mol. The van der Waals surface area contributed by atoms with Gasteiger partial charge < -0.3 is 9.47 Å². The van der Waals surface area contributed by atoms with Crippen LogP contribution in [0.15, 0.2) is 48.5 Å². The van der Waals surface area contributed by atoms with Crippen LogP contribution in [0, 0.1) is 3.57 Å². The molecule has 4 nitrogen and oxygen atoms in total. The van der Waals surface area contributed by atoms with Crippen LogP contribution in [0.2, 0.25) is 0 Å². The molecule has 0 radical (unpaired) electrons. The molecule has 0 amide bonds. The van der Waals surface area contributed by atoms with E-state index in [1.54, 1.807) is 0 Å². The molecule has 0 bridgehead atoms. The van der Waals surface area contributed by atoms with E-state index in [4.69, 9.17) is 9.47 Å². The highest BCUT2D eigenvalue weighted by atomic mass is 127. The number of nitrogens with one attached hydrogen (secondary N) is 1. The Morgan fingerprint density at radius 2 is 1.86 bits per heavy atom. The van der Waals surface area contributed by atoms with Gasteiger partial charge in [-0.05, 0) is 59.0 Å². The van der Waals surface area contributed by atoms with Gasteiger partial charge in [-0.3, -0.25) is 5.10 Å². The molecule has 0 spiro atoms. The van der Waals surface area contributed by atoms with Gasteiger partial charge in [0, 0.05) is 14.7 Å². The van der Waals surface area contributed by atoms with E-state index in [1.807, 2.05) is 30.3 Å². The maximum Gasteiger partial charge on any atom is 0.231 e. The van der Waals surface area contributed by atoms with Gasteiger partial charge in [-0.1, -0.05) is 12.1 Å².